The number of carbonyl (C=O) groups excluding carboxylic acids is 1. The van der Waals surface area contributed by atoms with Crippen molar-refractivity contribution < 1.29 is 17.4 Å². The molecule has 0 fully saturated rings. The molecule has 0 aliphatic rings. The molecule has 0 radical (unpaired) electrons. The maximum absolute atomic E-state index is 10.7. The molecular weight excluding hydrogens is 200 g/mol. The third kappa shape index (κ3) is 3.51. The molecule has 0 bridgehead atoms. The number of aromatic nitrogens is 3. The number of amides is 1. The third-order valence-electron chi connectivity index (χ3n) is 0.872. The van der Waals surface area contributed by atoms with Gasteiger partial charge in [-0.2, -0.15) is 18.7 Å². The van der Waals surface area contributed by atoms with Crippen LogP contribution in [0.5, 0.6) is 0 Å². The Hall–Kier alpha value is -1.64. The predicted molar refractivity (Wildman–Crippen MR) is 41.3 cm³/mol. The molecule has 72 valence electrons. The van der Waals surface area contributed by atoms with Crippen molar-refractivity contribution in [3.05, 3.63) is 6.20 Å². The molecule has 13 heavy (non-hydrogen) atoms. The molecule has 0 aliphatic heterocycles. The molecular formula is C4H6N4O4S. The van der Waals surface area contributed by atoms with Crippen LogP contribution in [-0.2, 0) is 14.3 Å². The van der Waals surface area contributed by atoms with E-state index in [4.69, 9.17) is 0 Å². The van der Waals surface area contributed by atoms with Gasteiger partial charge in [0.05, 0.1) is 12.5 Å². The van der Waals surface area contributed by atoms with E-state index in [9.17, 15) is 13.2 Å². The zero-order chi connectivity index (χ0) is 9.90. The van der Waals surface area contributed by atoms with E-state index in [1.165, 1.54) is 6.20 Å². The van der Waals surface area contributed by atoms with Crippen LogP contribution in [0.15, 0.2) is 6.20 Å². The van der Waals surface area contributed by atoms with Crippen LogP contribution in [0.3, 0.4) is 0 Å². The van der Waals surface area contributed by atoms with Crippen LogP contribution in [0, 0.1) is 0 Å². The zero-order valence-electron chi connectivity index (χ0n) is 6.51. The van der Waals surface area contributed by atoms with Crippen molar-refractivity contribution in [3.63, 3.8) is 0 Å². The van der Waals surface area contributed by atoms with Gasteiger partial charge in [0.15, 0.2) is 5.82 Å². The van der Waals surface area contributed by atoms with Crippen molar-refractivity contribution >= 4 is 22.0 Å². The van der Waals surface area contributed by atoms with Crippen molar-refractivity contribution in [1.82, 2.24) is 15.4 Å². The summed E-state index contributed by atoms with van der Waals surface area (Å²) >= 11 is 0. The summed E-state index contributed by atoms with van der Waals surface area (Å²) in [4.78, 5) is 10.7. The fourth-order valence-corrected chi connectivity index (χ4v) is 0.841. The van der Waals surface area contributed by atoms with Gasteiger partial charge in [0.1, 0.15) is 0 Å². The molecule has 0 aromatic carbocycles. The molecule has 1 rings (SSSR count). The highest BCUT2D eigenvalue weighted by Crippen LogP contribution is 1.98. The molecule has 2 N–H and O–H groups in total. The number of nitrogens with one attached hydrogen (secondary N) is 2. The highest BCUT2D eigenvalue weighted by atomic mass is 32.2. The minimum Gasteiger partial charge on any atom is -0.328 e. The molecule has 1 heterocycles. The molecule has 1 aromatic heterocycles. The summed E-state index contributed by atoms with van der Waals surface area (Å²) in [5.74, 6) is 0.0775. The summed E-state index contributed by atoms with van der Waals surface area (Å²) in [6.45, 7) is 0. The first-order valence-electron chi connectivity index (χ1n) is 3.03. The summed E-state index contributed by atoms with van der Waals surface area (Å²) in [5.41, 5.74) is 0. The second-order valence-electron chi connectivity index (χ2n) is 2.06. The quantitative estimate of drug-likeness (QED) is 0.619. The van der Waals surface area contributed by atoms with Crippen LogP contribution in [0.2, 0.25) is 0 Å². The fraction of sp³-hybridized carbons (Fsp3) is 0.250. The van der Waals surface area contributed by atoms with Crippen molar-refractivity contribution in [2.45, 2.75) is 0 Å². The smallest absolute Gasteiger partial charge is 0.328 e. The van der Waals surface area contributed by atoms with Gasteiger partial charge in [-0.3, -0.25) is 5.32 Å². The summed E-state index contributed by atoms with van der Waals surface area (Å²) in [6, 6.07) is 0. The first-order valence-corrected chi connectivity index (χ1v) is 4.85. The van der Waals surface area contributed by atoms with E-state index in [1.54, 1.807) is 0 Å². The fourth-order valence-electron chi connectivity index (χ4n) is 0.525. The minimum atomic E-state index is -3.80. The van der Waals surface area contributed by atoms with Crippen molar-refractivity contribution in [2.75, 3.05) is 11.6 Å². The molecule has 0 saturated carbocycles. The van der Waals surface area contributed by atoms with Gasteiger partial charge in [0.25, 0.3) is 0 Å². The third-order valence-corrected chi connectivity index (χ3v) is 1.33. The largest absolute Gasteiger partial charge is 0.428 e. The van der Waals surface area contributed by atoms with E-state index < -0.39 is 16.2 Å². The van der Waals surface area contributed by atoms with Gasteiger partial charge in [-0.15, -0.1) is 5.10 Å². The normalized spacial score (nSPS) is 10.8. The SMILES string of the molecule is CS(=O)(=O)OC(=O)Nc1cn[nH]n1. The van der Waals surface area contributed by atoms with E-state index in [1.807, 2.05) is 5.32 Å². The molecule has 0 unspecified atom stereocenters. The lowest BCUT2D eigenvalue weighted by Crippen LogP contribution is -2.17. The highest BCUT2D eigenvalue weighted by molar-refractivity contribution is 7.86. The van der Waals surface area contributed by atoms with Crippen molar-refractivity contribution in [3.8, 4) is 0 Å². The Balaban J connectivity index is 2.53. The van der Waals surface area contributed by atoms with E-state index >= 15 is 0 Å². The average Bonchev–Trinajstić information content (AvgIpc) is 2.34. The monoisotopic (exact) mass is 206 g/mol. The van der Waals surface area contributed by atoms with Crippen molar-refractivity contribution in [2.24, 2.45) is 0 Å². The summed E-state index contributed by atoms with van der Waals surface area (Å²) in [7, 11) is -3.80. The van der Waals surface area contributed by atoms with E-state index in [0.717, 1.165) is 6.26 Å². The van der Waals surface area contributed by atoms with E-state index in [0.29, 0.717) is 0 Å². The number of H-pyrrole nitrogens is 1. The Morgan fingerprint density at radius 3 is 2.85 bits per heavy atom. The second kappa shape index (κ2) is 3.39. The Morgan fingerprint density at radius 2 is 2.38 bits per heavy atom. The Bertz CT molecular complexity index is 382. The van der Waals surface area contributed by atoms with Gasteiger partial charge >= 0.3 is 16.2 Å². The standard InChI is InChI=1S/C4H6N4O4S/c1-13(10,11)12-4(9)6-3-2-5-8-7-3/h2H,1H3,(H2,5,6,7,8,9). The van der Waals surface area contributed by atoms with E-state index in [2.05, 4.69) is 19.6 Å². The lowest BCUT2D eigenvalue weighted by molar-refractivity contribution is 0.217. The first kappa shape index (κ1) is 9.45. The number of aromatic amines is 1. The molecule has 1 aromatic rings. The summed E-state index contributed by atoms with van der Waals surface area (Å²) in [6.07, 6.45) is 0.829. The van der Waals surface area contributed by atoms with E-state index in [-0.39, 0.29) is 5.82 Å². The number of rotatable bonds is 2. The lowest BCUT2D eigenvalue weighted by Gasteiger charge is -1.99. The minimum absolute atomic E-state index is 0.0775. The van der Waals surface area contributed by atoms with Crippen LogP contribution in [0.1, 0.15) is 0 Å². The van der Waals surface area contributed by atoms with Gasteiger partial charge in [-0.05, 0) is 0 Å². The second-order valence-corrected chi connectivity index (χ2v) is 3.63. The maximum atomic E-state index is 10.7. The number of carbonyl (C=O) groups is 1. The Kier molecular flexibility index (Phi) is 2.46. The zero-order valence-corrected chi connectivity index (χ0v) is 7.33. The van der Waals surface area contributed by atoms with Gasteiger partial charge in [0.2, 0.25) is 0 Å². The Labute approximate surface area is 73.4 Å². The van der Waals surface area contributed by atoms with Gasteiger partial charge in [0, 0.05) is 0 Å². The predicted octanol–water partition coefficient (Wildman–Crippen LogP) is -0.687. The first-order chi connectivity index (χ1) is 5.97. The number of anilines is 1. The molecule has 8 nitrogen and oxygen atoms in total. The van der Waals surface area contributed by atoms with Crippen LogP contribution in [0.4, 0.5) is 10.6 Å². The molecule has 0 saturated heterocycles. The molecule has 0 spiro atoms. The molecule has 0 atom stereocenters. The Morgan fingerprint density at radius 1 is 1.69 bits per heavy atom. The number of hydrogen-bond acceptors (Lipinski definition) is 6. The molecule has 0 aliphatic carbocycles. The average molecular weight is 206 g/mol. The highest BCUT2D eigenvalue weighted by Gasteiger charge is 2.11. The summed E-state index contributed by atoms with van der Waals surface area (Å²) < 4.78 is 24.8. The van der Waals surface area contributed by atoms with Gasteiger partial charge in [-0.25, -0.2) is 4.79 Å². The topological polar surface area (TPSA) is 114 Å². The van der Waals surface area contributed by atoms with Crippen molar-refractivity contribution in [1.29, 1.82) is 0 Å². The van der Waals surface area contributed by atoms with Crippen LogP contribution < -0.4 is 5.32 Å². The maximum Gasteiger partial charge on any atom is 0.428 e. The number of hydrogen-bond donors (Lipinski definition) is 2. The summed E-state index contributed by atoms with van der Waals surface area (Å²) in [5, 5.41) is 11.1. The molecule has 1 amide bonds. The lowest BCUT2D eigenvalue weighted by atomic mass is 10.7. The van der Waals surface area contributed by atoms with Gasteiger partial charge in [-0.1, -0.05) is 0 Å². The number of nitrogens with zero attached hydrogens (tertiary/aromatic N) is 2. The van der Waals surface area contributed by atoms with Crippen LogP contribution in [-0.4, -0.2) is 36.2 Å². The van der Waals surface area contributed by atoms with Gasteiger partial charge < -0.3 is 4.18 Å². The van der Waals surface area contributed by atoms with Crippen LogP contribution in [0.25, 0.3) is 0 Å². The van der Waals surface area contributed by atoms with Crippen LogP contribution >= 0.6 is 0 Å². The molecule has 9 heteroatoms.